The van der Waals surface area contributed by atoms with E-state index in [1.807, 2.05) is 36.4 Å². The Kier molecular flexibility index (Phi) is 9.84. The maximum Gasteiger partial charge on any atom is 0.133 e. The summed E-state index contributed by atoms with van der Waals surface area (Å²) in [6.07, 6.45) is 4.30. The Morgan fingerprint density at radius 2 is 1.38 bits per heavy atom. The normalized spacial score (nSPS) is 10.6. The van der Waals surface area contributed by atoms with Crippen LogP contribution in [0.25, 0.3) is 0 Å². The van der Waals surface area contributed by atoms with Gasteiger partial charge < -0.3 is 19.3 Å². The molecule has 0 bridgehead atoms. The molecule has 0 radical (unpaired) electrons. The maximum atomic E-state index is 9.01. The van der Waals surface area contributed by atoms with Gasteiger partial charge in [0.05, 0.1) is 34.1 Å². The third-order valence-corrected chi connectivity index (χ3v) is 5.56. The van der Waals surface area contributed by atoms with E-state index in [1.54, 1.807) is 7.11 Å². The Morgan fingerprint density at radius 1 is 0.808 bits per heavy atom. The Balaban J connectivity index is 1.57. The molecule has 2 rings (SSSR count). The number of rotatable bonds is 11. The summed E-state index contributed by atoms with van der Waals surface area (Å²) in [5, 5.41) is 9.01. The predicted molar refractivity (Wildman–Crippen MR) is 120 cm³/mol. The monoisotopic (exact) mass is 582 g/mol. The fourth-order valence-electron chi connectivity index (χ4n) is 2.40. The molecule has 0 saturated carbocycles. The van der Waals surface area contributed by atoms with E-state index < -0.39 is 0 Å². The van der Waals surface area contributed by atoms with E-state index in [9.17, 15) is 0 Å². The minimum atomic E-state index is 0.0665. The van der Waals surface area contributed by atoms with Gasteiger partial charge in [0.15, 0.2) is 0 Å². The van der Waals surface area contributed by atoms with Crippen molar-refractivity contribution in [2.75, 3.05) is 20.3 Å². The molecule has 0 aliphatic heterocycles. The van der Waals surface area contributed by atoms with Crippen LogP contribution in [0.15, 0.2) is 36.4 Å². The van der Waals surface area contributed by atoms with Gasteiger partial charge in [0, 0.05) is 0 Å². The number of aliphatic hydroxyl groups excluding tert-OH is 1. The summed E-state index contributed by atoms with van der Waals surface area (Å²) in [7, 11) is 1.68. The van der Waals surface area contributed by atoms with Crippen molar-refractivity contribution in [3.8, 4) is 17.2 Å². The second-order valence-corrected chi connectivity index (χ2v) is 8.15. The maximum absolute atomic E-state index is 9.01. The molecule has 2 aromatic carbocycles. The summed E-state index contributed by atoms with van der Waals surface area (Å²) in [4.78, 5) is 0. The first-order valence-corrected chi connectivity index (χ1v) is 10.8. The fraction of sp³-hybridized carbons (Fsp3) is 0.400. The topological polar surface area (TPSA) is 47.9 Å². The number of hydrogen-bond acceptors (Lipinski definition) is 4. The lowest BCUT2D eigenvalue weighted by Gasteiger charge is -2.11. The van der Waals surface area contributed by atoms with Crippen LogP contribution in [-0.4, -0.2) is 25.4 Å². The first-order valence-electron chi connectivity index (χ1n) is 8.62. The van der Waals surface area contributed by atoms with Crippen LogP contribution in [0.5, 0.6) is 17.2 Å². The number of unbranched alkanes of at least 4 members (excludes halogenated alkanes) is 3. The zero-order chi connectivity index (χ0) is 18.8. The smallest absolute Gasteiger partial charge is 0.133 e. The Morgan fingerprint density at radius 3 is 2.00 bits per heavy atom. The number of methoxy groups -OCH3 is 1. The minimum absolute atomic E-state index is 0.0665. The number of halogens is 2. The fourth-order valence-corrected chi connectivity index (χ4v) is 3.65. The third-order valence-electron chi connectivity index (χ3n) is 3.88. The molecule has 1 N–H and O–H groups in total. The highest BCUT2D eigenvalue weighted by atomic mass is 127. The van der Waals surface area contributed by atoms with Gasteiger partial charge >= 0.3 is 0 Å². The van der Waals surface area contributed by atoms with E-state index in [-0.39, 0.29) is 6.61 Å². The average molecular weight is 582 g/mol. The van der Waals surface area contributed by atoms with Crippen molar-refractivity contribution in [3.63, 3.8) is 0 Å². The molecule has 2 aromatic rings. The lowest BCUT2D eigenvalue weighted by Crippen LogP contribution is -2.01. The van der Waals surface area contributed by atoms with Crippen molar-refractivity contribution < 1.29 is 19.3 Å². The molecular weight excluding hydrogens is 558 g/mol. The molecule has 0 atom stereocenters. The first kappa shape index (κ1) is 21.6. The molecular formula is C20H24I2O4. The molecule has 4 nitrogen and oxygen atoms in total. The van der Waals surface area contributed by atoms with Crippen LogP contribution >= 0.6 is 45.2 Å². The van der Waals surface area contributed by atoms with Crippen molar-refractivity contribution in [2.24, 2.45) is 0 Å². The molecule has 0 fully saturated rings. The molecule has 26 heavy (non-hydrogen) atoms. The molecule has 0 aromatic heterocycles. The summed E-state index contributed by atoms with van der Waals surface area (Å²) >= 11 is 4.54. The lowest BCUT2D eigenvalue weighted by molar-refractivity contribution is 0.279. The molecule has 0 unspecified atom stereocenters. The van der Waals surface area contributed by atoms with Crippen molar-refractivity contribution in [1.29, 1.82) is 0 Å². The van der Waals surface area contributed by atoms with Gasteiger partial charge in [-0.25, -0.2) is 0 Å². The van der Waals surface area contributed by atoms with Crippen LogP contribution in [0.4, 0.5) is 0 Å². The summed E-state index contributed by atoms with van der Waals surface area (Å²) in [6, 6.07) is 11.6. The SMILES string of the molecule is COc1cc(I)c(OCCCCCCOc2ccc(CO)cc2)cc1I. The van der Waals surface area contributed by atoms with E-state index in [0.717, 1.165) is 62.2 Å². The van der Waals surface area contributed by atoms with Gasteiger partial charge in [-0.2, -0.15) is 0 Å². The molecule has 0 heterocycles. The molecule has 0 saturated heterocycles. The van der Waals surface area contributed by atoms with Crippen molar-refractivity contribution in [2.45, 2.75) is 32.3 Å². The Hall–Kier alpha value is -0.740. The van der Waals surface area contributed by atoms with Gasteiger partial charge in [-0.1, -0.05) is 12.1 Å². The number of benzene rings is 2. The predicted octanol–water partition coefficient (Wildman–Crippen LogP) is 5.41. The lowest BCUT2D eigenvalue weighted by atomic mass is 10.2. The number of hydrogen-bond donors (Lipinski definition) is 1. The Labute approximate surface area is 182 Å². The molecule has 142 valence electrons. The van der Waals surface area contributed by atoms with E-state index >= 15 is 0 Å². The zero-order valence-corrected chi connectivity index (χ0v) is 19.2. The zero-order valence-electron chi connectivity index (χ0n) is 14.8. The van der Waals surface area contributed by atoms with Gasteiger partial charge in [-0.05, 0) is 101 Å². The third kappa shape index (κ3) is 7.11. The van der Waals surface area contributed by atoms with E-state index in [0.29, 0.717) is 6.61 Å². The minimum Gasteiger partial charge on any atom is -0.496 e. The summed E-state index contributed by atoms with van der Waals surface area (Å²) in [5.41, 5.74) is 0.901. The van der Waals surface area contributed by atoms with Gasteiger partial charge in [-0.15, -0.1) is 0 Å². The average Bonchev–Trinajstić information content (AvgIpc) is 2.66. The molecule has 6 heteroatoms. The van der Waals surface area contributed by atoms with Gasteiger partial charge in [0.2, 0.25) is 0 Å². The van der Waals surface area contributed by atoms with Gasteiger partial charge in [0.25, 0.3) is 0 Å². The van der Waals surface area contributed by atoms with E-state index in [1.165, 1.54) is 0 Å². The molecule has 0 aliphatic rings. The van der Waals surface area contributed by atoms with E-state index in [4.69, 9.17) is 19.3 Å². The summed E-state index contributed by atoms with van der Waals surface area (Å²) < 4.78 is 19.0. The van der Waals surface area contributed by atoms with Crippen LogP contribution in [0.3, 0.4) is 0 Å². The van der Waals surface area contributed by atoms with Crippen LogP contribution in [-0.2, 0) is 6.61 Å². The van der Waals surface area contributed by atoms with E-state index in [2.05, 4.69) is 45.2 Å². The Bertz CT molecular complexity index is 674. The molecule has 0 spiro atoms. The van der Waals surface area contributed by atoms with Gasteiger partial charge in [0.1, 0.15) is 17.2 Å². The molecule has 0 amide bonds. The van der Waals surface area contributed by atoms with Crippen LogP contribution in [0.2, 0.25) is 0 Å². The highest BCUT2D eigenvalue weighted by Crippen LogP contribution is 2.31. The number of aliphatic hydroxyl groups is 1. The summed E-state index contributed by atoms with van der Waals surface area (Å²) in [6.45, 7) is 1.51. The van der Waals surface area contributed by atoms with Crippen molar-refractivity contribution in [1.82, 2.24) is 0 Å². The highest BCUT2D eigenvalue weighted by molar-refractivity contribution is 14.1. The quantitative estimate of drug-likeness (QED) is 0.285. The van der Waals surface area contributed by atoms with Crippen molar-refractivity contribution in [3.05, 3.63) is 49.1 Å². The van der Waals surface area contributed by atoms with Crippen molar-refractivity contribution >= 4 is 45.2 Å². The highest BCUT2D eigenvalue weighted by Gasteiger charge is 2.07. The van der Waals surface area contributed by atoms with Crippen LogP contribution in [0, 0.1) is 7.14 Å². The largest absolute Gasteiger partial charge is 0.496 e. The van der Waals surface area contributed by atoms with Gasteiger partial charge in [-0.3, -0.25) is 0 Å². The second kappa shape index (κ2) is 11.9. The standard InChI is InChI=1S/C20H24I2O4/c1-24-19-12-18(22)20(13-17(19)21)26-11-5-3-2-4-10-25-16-8-6-15(14-23)7-9-16/h6-9,12-13,23H,2-5,10-11,14H2,1H3. The first-order chi connectivity index (χ1) is 12.6. The second-order valence-electron chi connectivity index (χ2n) is 5.83. The number of ether oxygens (including phenoxy) is 3. The van der Waals surface area contributed by atoms with Crippen LogP contribution < -0.4 is 14.2 Å². The van der Waals surface area contributed by atoms with Crippen LogP contribution in [0.1, 0.15) is 31.2 Å². The summed E-state index contributed by atoms with van der Waals surface area (Å²) in [5.74, 6) is 2.66. The molecule has 0 aliphatic carbocycles.